The highest BCUT2D eigenvalue weighted by Gasteiger charge is 2.26. The standard InChI is InChI=1S/C18H21N3O3/c1-3-21-9-8-15-13(10-21)16(17(22)19-11(2)18(23)24)12-6-4-5-7-14(12)20-15/h4-7,11H,3,8-10H2,1-2H3,(H,19,22)(H,23,24). The van der Waals surface area contributed by atoms with E-state index in [1.54, 1.807) is 0 Å². The van der Waals surface area contributed by atoms with Crippen LogP contribution in [0.4, 0.5) is 0 Å². The van der Waals surface area contributed by atoms with Crippen LogP contribution in [0.1, 0.15) is 35.5 Å². The number of carbonyl (C=O) groups excluding carboxylic acids is 1. The Morgan fingerprint density at radius 3 is 2.83 bits per heavy atom. The van der Waals surface area contributed by atoms with Crippen LogP contribution < -0.4 is 5.32 Å². The molecule has 1 atom stereocenters. The van der Waals surface area contributed by atoms with Crippen LogP contribution >= 0.6 is 0 Å². The van der Waals surface area contributed by atoms with Crippen LogP contribution in [-0.2, 0) is 17.8 Å². The molecule has 0 bridgehead atoms. The topological polar surface area (TPSA) is 82.5 Å². The minimum Gasteiger partial charge on any atom is -0.480 e. The number of likely N-dealkylation sites (N-methyl/N-ethyl adjacent to an activating group) is 1. The number of hydrogen-bond acceptors (Lipinski definition) is 4. The number of aliphatic carboxylic acids is 1. The predicted molar refractivity (Wildman–Crippen MR) is 91.0 cm³/mol. The average Bonchev–Trinajstić information content (AvgIpc) is 2.58. The van der Waals surface area contributed by atoms with Gasteiger partial charge in [-0.2, -0.15) is 0 Å². The van der Waals surface area contributed by atoms with Gasteiger partial charge >= 0.3 is 5.97 Å². The van der Waals surface area contributed by atoms with Crippen molar-refractivity contribution in [1.29, 1.82) is 0 Å². The molecule has 1 aromatic carbocycles. The molecule has 0 fully saturated rings. The number of rotatable bonds is 4. The number of aromatic nitrogens is 1. The molecule has 126 valence electrons. The van der Waals surface area contributed by atoms with E-state index in [1.807, 2.05) is 24.3 Å². The second-order valence-electron chi connectivity index (χ2n) is 6.08. The van der Waals surface area contributed by atoms with Gasteiger partial charge in [0, 0.05) is 36.2 Å². The van der Waals surface area contributed by atoms with Gasteiger partial charge in [-0.15, -0.1) is 0 Å². The summed E-state index contributed by atoms with van der Waals surface area (Å²) in [6.45, 7) is 6.04. The van der Waals surface area contributed by atoms with E-state index in [-0.39, 0.29) is 5.91 Å². The average molecular weight is 327 g/mol. The fourth-order valence-corrected chi connectivity index (χ4v) is 3.11. The van der Waals surface area contributed by atoms with Crippen molar-refractivity contribution < 1.29 is 14.7 Å². The number of carboxylic acid groups (broad SMARTS) is 1. The van der Waals surface area contributed by atoms with Crippen molar-refractivity contribution >= 4 is 22.8 Å². The number of amides is 1. The van der Waals surface area contributed by atoms with Crippen molar-refractivity contribution in [2.24, 2.45) is 0 Å². The van der Waals surface area contributed by atoms with Crippen molar-refractivity contribution in [2.45, 2.75) is 32.9 Å². The van der Waals surface area contributed by atoms with Crippen LogP contribution in [0.5, 0.6) is 0 Å². The van der Waals surface area contributed by atoms with Crippen LogP contribution in [0.2, 0.25) is 0 Å². The van der Waals surface area contributed by atoms with E-state index in [0.29, 0.717) is 12.1 Å². The molecule has 1 aromatic heterocycles. The van der Waals surface area contributed by atoms with Gasteiger partial charge in [0.25, 0.3) is 5.91 Å². The number of carbonyl (C=O) groups is 2. The Morgan fingerprint density at radius 2 is 2.12 bits per heavy atom. The molecule has 1 aliphatic rings. The van der Waals surface area contributed by atoms with Crippen LogP contribution in [0, 0.1) is 0 Å². The maximum absolute atomic E-state index is 12.8. The highest BCUT2D eigenvalue weighted by Crippen LogP contribution is 2.28. The summed E-state index contributed by atoms with van der Waals surface area (Å²) in [6, 6.07) is 6.58. The van der Waals surface area contributed by atoms with Crippen LogP contribution in [0.3, 0.4) is 0 Å². The fraction of sp³-hybridized carbons (Fsp3) is 0.389. The largest absolute Gasteiger partial charge is 0.480 e. The Kier molecular flexibility index (Phi) is 4.49. The van der Waals surface area contributed by atoms with Gasteiger partial charge in [-0.25, -0.2) is 0 Å². The second kappa shape index (κ2) is 6.57. The van der Waals surface area contributed by atoms with Gasteiger partial charge in [-0.05, 0) is 19.5 Å². The minimum absolute atomic E-state index is 0.349. The zero-order valence-corrected chi connectivity index (χ0v) is 13.9. The lowest BCUT2D eigenvalue weighted by atomic mass is 9.95. The third-order valence-corrected chi connectivity index (χ3v) is 4.52. The summed E-state index contributed by atoms with van der Waals surface area (Å²) in [5.74, 6) is -1.40. The molecule has 6 nitrogen and oxygen atoms in total. The number of carboxylic acids is 1. The molecule has 0 spiro atoms. The molecule has 2 heterocycles. The number of fused-ring (bicyclic) bond motifs is 2. The van der Waals surface area contributed by atoms with E-state index in [4.69, 9.17) is 10.1 Å². The molecule has 0 saturated carbocycles. The van der Waals surface area contributed by atoms with Gasteiger partial charge in [0.1, 0.15) is 6.04 Å². The monoisotopic (exact) mass is 327 g/mol. The molecule has 6 heteroatoms. The summed E-state index contributed by atoms with van der Waals surface area (Å²) in [5.41, 5.74) is 3.18. The van der Waals surface area contributed by atoms with E-state index in [1.165, 1.54) is 6.92 Å². The van der Waals surface area contributed by atoms with Crippen molar-refractivity contribution in [1.82, 2.24) is 15.2 Å². The summed E-state index contributed by atoms with van der Waals surface area (Å²) < 4.78 is 0. The molecule has 0 aliphatic carbocycles. The molecule has 0 radical (unpaired) electrons. The van der Waals surface area contributed by atoms with E-state index in [2.05, 4.69) is 17.1 Å². The van der Waals surface area contributed by atoms with E-state index in [0.717, 1.165) is 41.7 Å². The number of hydrogen-bond donors (Lipinski definition) is 2. The molecule has 1 aliphatic heterocycles. The normalized spacial score (nSPS) is 15.8. The number of nitrogens with zero attached hydrogens (tertiary/aromatic N) is 2. The van der Waals surface area contributed by atoms with Gasteiger partial charge in [0.2, 0.25) is 0 Å². The lowest BCUT2D eigenvalue weighted by Crippen LogP contribution is -2.40. The molecular formula is C18H21N3O3. The minimum atomic E-state index is -1.05. The molecular weight excluding hydrogens is 306 g/mol. The fourth-order valence-electron chi connectivity index (χ4n) is 3.11. The van der Waals surface area contributed by atoms with Crippen molar-refractivity contribution in [3.05, 3.63) is 41.1 Å². The molecule has 3 rings (SSSR count). The van der Waals surface area contributed by atoms with E-state index >= 15 is 0 Å². The summed E-state index contributed by atoms with van der Waals surface area (Å²) >= 11 is 0. The lowest BCUT2D eigenvalue weighted by molar-refractivity contribution is -0.138. The van der Waals surface area contributed by atoms with Crippen molar-refractivity contribution in [3.63, 3.8) is 0 Å². The number of para-hydroxylation sites is 1. The molecule has 24 heavy (non-hydrogen) atoms. The predicted octanol–water partition coefficient (Wildman–Crippen LogP) is 1.82. The number of pyridine rings is 1. The smallest absolute Gasteiger partial charge is 0.325 e. The van der Waals surface area contributed by atoms with Gasteiger partial charge in [-0.1, -0.05) is 25.1 Å². The zero-order chi connectivity index (χ0) is 17.3. The maximum atomic E-state index is 12.8. The van der Waals surface area contributed by atoms with Crippen LogP contribution in [-0.4, -0.2) is 46.0 Å². The van der Waals surface area contributed by atoms with Gasteiger partial charge in [-0.3, -0.25) is 19.5 Å². The lowest BCUT2D eigenvalue weighted by Gasteiger charge is -2.29. The SMILES string of the molecule is CCN1CCc2nc3ccccc3c(C(=O)NC(C)C(=O)O)c2C1. The first-order chi connectivity index (χ1) is 11.5. The van der Waals surface area contributed by atoms with E-state index < -0.39 is 12.0 Å². The number of nitrogens with one attached hydrogen (secondary N) is 1. The first-order valence-electron chi connectivity index (χ1n) is 8.17. The van der Waals surface area contributed by atoms with Crippen molar-refractivity contribution in [3.8, 4) is 0 Å². The second-order valence-corrected chi connectivity index (χ2v) is 6.08. The third kappa shape index (κ3) is 2.97. The Bertz CT molecular complexity index is 803. The number of benzene rings is 1. The quantitative estimate of drug-likeness (QED) is 0.895. The summed E-state index contributed by atoms with van der Waals surface area (Å²) in [5, 5.41) is 12.4. The van der Waals surface area contributed by atoms with Crippen LogP contribution in [0.25, 0.3) is 10.9 Å². The maximum Gasteiger partial charge on any atom is 0.325 e. The molecule has 2 aromatic rings. The first-order valence-corrected chi connectivity index (χ1v) is 8.17. The Balaban J connectivity index is 2.13. The highest BCUT2D eigenvalue weighted by molar-refractivity contribution is 6.08. The van der Waals surface area contributed by atoms with Gasteiger partial charge in [0.15, 0.2) is 0 Å². The third-order valence-electron chi connectivity index (χ3n) is 4.52. The van der Waals surface area contributed by atoms with Gasteiger partial charge in [0.05, 0.1) is 11.1 Å². The Morgan fingerprint density at radius 1 is 1.38 bits per heavy atom. The summed E-state index contributed by atoms with van der Waals surface area (Å²) in [6.07, 6.45) is 0.794. The summed E-state index contributed by atoms with van der Waals surface area (Å²) in [4.78, 5) is 30.9. The molecule has 2 N–H and O–H groups in total. The van der Waals surface area contributed by atoms with Crippen LogP contribution in [0.15, 0.2) is 24.3 Å². The van der Waals surface area contributed by atoms with Crippen molar-refractivity contribution in [2.75, 3.05) is 13.1 Å². The first kappa shape index (κ1) is 16.4. The molecule has 0 saturated heterocycles. The zero-order valence-electron chi connectivity index (χ0n) is 13.9. The highest BCUT2D eigenvalue weighted by atomic mass is 16.4. The molecule has 1 amide bonds. The van der Waals surface area contributed by atoms with Gasteiger partial charge < -0.3 is 10.4 Å². The Hall–Kier alpha value is -2.47. The molecule has 1 unspecified atom stereocenters. The van der Waals surface area contributed by atoms with E-state index in [9.17, 15) is 9.59 Å². The Labute approximate surface area is 140 Å². The summed E-state index contributed by atoms with van der Waals surface area (Å²) in [7, 11) is 0.